The second kappa shape index (κ2) is 12.6. The third-order valence-electron chi connectivity index (χ3n) is 4.22. The fourth-order valence-electron chi connectivity index (χ4n) is 2.31. The van der Waals surface area contributed by atoms with Gasteiger partial charge in [0, 0.05) is 18.9 Å². The number of carbonyl (C=O) groups is 3. The fraction of sp³-hybridized carbons (Fsp3) is 0.833. The Morgan fingerprint density at radius 1 is 1.00 bits per heavy atom. The van der Waals surface area contributed by atoms with Crippen molar-refractivity contribution in [1.29, 1.82) is 0 Å². The van der Waals surface area contributed by atoms with Crippen molar-refractivity contribution in [3.8, 4) is 0 Å². The smallest absolute Gasteiger partial charge is 0.410 e. The SMILES string of the molecule is CCC(=O)O[C@@H](OC(=O)NC[C@H](CCC(CC)CC)C(=O)O)C(C)C. The maximum atomic E-state index is 11.9. The Kier molecular flexibility index (Phi) is 11.7. The Labute approximate surface area is 150 Å². The monoisotopic (exact) mass is 359 g/mol. The summed E-state index contributed by atoms with van der Waals surface area (Å²) in [7, 11) is 0. The number of hydrogen-bond acceptors (Lipinski definition) is 5. The van der Waals surface area contributed by atoms with E-state index in [0.29, 0.717) is 12.3 Å². The summed E-state index contributed by atoms with van der Waals surface area (Å²) in [5, 5.41) is 11.8. The van der Waals surface area contributed by atoms with Gasteiger partial charge >= 0.3 is 18.0 Å². The minimum absolute atomic E-state index is 0.0130. The van der Waals surface area contributed by atoms with E-state index in [4.69, 9.17) is 9.47 Å². The van der Waals surface area contributed by atoms with Gasteiger partial charge in [-0.15, -0.1) is 0 Å². The van der Waals surface area contributed by atoms with E-state index in [1.807, 2.05) is 0 Å². The zero-order valence-electron chi connectivity index (χ0n) is 16.0. The molecular weight excluding hydrogens is 326 g/mol. The number of hydrogen-bond donors (Lipinski definition) is 2. The quantitative estimate of drug-likeness (QED) is 0.408. The van der Waals surface area contributed by atoms with Gasteiger partial charge in [0.1, 0.15) is 0 Å². The number of ether oxygens (including phenoxy) is 2. The lowest BCUT2D eigenvalue weighted by Gasteiger charge is -2.22. The van der Waals surface area contributed by atoms with Crippen molar-refractivity contribution in [2.45, 2.75) is 73.0 Å². The normalized spacial score (nSPS) is 13.4. The van der Waals surface area contributed by atoms with E-state index in [2.05, 4.69) is 19.2 Å². The van der Waals surface area contributed by atoms with Crippen LogP contribution in [0, 0.1) is 17.8 Å². The Bertz CT molecular complexity index is 420. The molecule has 7 heteroatoms. The van der Waals surface area contributed by atoms with E-state index in [1.165, 1.54) is 0 Å². The summed E-state index contributed by atoms with van der Waals surface area (Å²) in [5.74, 6) is -1.77. The zero-order chi connectivity index (χ0) is 19.4. The molecule has 0 spiro atoms. The molecule has 1 amide bonds. The van der Waals surface area contributed by atoms with Crippen molar-refractivity contribution in [2.75, 3.05) is 6.54 Å². The van der Waals surface area contributed by atoms with Gasteiger partial charge in [-0.25, -0.2) is 4.79 Å². The second-order valence-corrected chi connectivity index (χ2v) is 6.54. The molecule has 7 nitrogen and oxygen atoms in total. The molecule has 0 aromatic heterocycles. The predicted octanol–water partition coefficient (Wildman–Crippen LogP) is 3.57. The van der Waals surface area contributed by atoms with Crippen molar-refractivity contribution >= 4 is 18.0 Å². The first-order chi connectivity index (χ1) is 11.7. The number of rotatable bonds is 12. The van der Waals surface area contributed by atoms with Crippen LogP contribution >= 0.6 is 0 Å². The molecule has 0 heterocycles. The number of nitrogens with one attached hydrogen (secondary N) is 1. The topological polar surface area (TPSA) is 102 Å². The van der Waals surface area contributed by atoms with E-state index in [0.717, 1.165) is 19.3 Å². The van der Waals surface area contributed by atoms with Crippen LogP contribution in [0.4, 0.5) is 4.79 Å². The maximum Gasteiger partial charge on any atom is 0.410 e. The van der Waals surface area contributed by atoms with Gasteiger partial charge in [-0.05, 0) is 18.8 Å². The third-order valence-corrected chi connectivity index (χ3v) is 4.22. The molecule has 0 saturated heterocycles. The van der Waals surface area contributed by atoms with E-state index < -0.39 is 30.2 Å². The first-order valence-corrected chi connectivity index (χ1v) is 9.11. The highest BCUT2D eigenvalue weighted by Gasteiger charge is 2.24. The Morgan fingerprint density at radius 2 is 1.60 bits per heavy atom. The van der Waals surface area contributed by atoms with Gasteiger partial charge < -0.3 is 19.9 Å². The molecule has 0 bridgehead atoms. The summed E-state index contributed by atoms with van der Waals surface area (Å²) in [5.41, 5.74) is 0. The molecule has 146 valence electrons. The number of alkyl carbamates (subject to hydrolysis) is 1. The van der Waals surface area contributed by atoms with Crippen molar-refractivity contribution in [3.05, 3.63) is 0 Å². The van der Waals surface area contributed by atoms with E-state index in [9.17, 15) is 19.5 Å². The third kappa shape index (κ3) is 9.94. The molecule has 0 aliphatic carbocycles. The molecule has 0 fully saturated rings. The van der Waals surface area contributed by atoms with Crippen LogP contribution in [0.2, 0.25) is 0 Å². The lowest BCUT2D eigenvalue weighted by molar-refractivity contribution is -0.174. The molecule has 0 aromatic carbocycles. The van der Waals surface area contributed by atoms with Crippen molar-refractivity contribution in [2.24, 2.45) is 17.8 Å². The first-order valence-electron chi connectivity index (χ1n) is 9.11. The average Bonchev–Trinajstić information content (AvgIpc) is 2.56. The Morgan fingerprint density at radius 3 is 2.04 bits per heavy atom. The largest absolute Gasteiger partial charge is 0.481 e. The zero-order valence-corrected chi connectivity index (χ0v) is 16.0. The van der Waals surface area contributed by atoms with Gasteiger partial charge in [0.05, 0.1) is 5.92 Å². The molecule has 0 aliphatic heterocycles. The van der Waals surface area contributed by atoms with E-state index >= 15 is 0 Å². The van der Waals surface area contributed by atoms with Gasteiger partial charge in [0.15, 0.2) is 0 Å². The predicted molar refractivity (Wildman–Crippen MR) is 93.9 cm³/mol. The van der Waals surface area contributed by atoms with Crippen LogP contribution in [0.5, 0.6) is 0 Å². The molecule has 0 aromatic rings. The van der Waals surface area contributed by atoms with Crippen molar-refractivity contribution < 1.29 is 29.0 Å². The van der Waals surface area contributed by atoms with Crippen LogP contribution in [0.25, 0.3) is 0 Å². The highest BCUT2D eigenvalue weighted by Crippen LogP contribution is 2.19. The van der Waals surface area contributed by atoms with Gasteiger partial charge in [0.2, 0.25) is 0 Å². The maximum absolute atomic E-state index is 11.9. The number of carbonyl (C=O) groups excluding carboxylic acids is 2. The minimum atomic E-state index is -0.986. The summed E-state index contributed by atoms with van der Waals surface area (Å²) in [4.78, 5) is 34.6. The molecule has 2 atom stereocenters. The van der Waals surface area contributed by atoms with Crippen LogP contribution in [-0.4, -0.2) is 36.0 Å². The van der Waals surface area contributed by atoms with Gasteiger partial charge in [-0.1, -0.05) is 47.5 Å². The summed E-state index contributed by atoms with van der Waals surface area (Å²) in [6.45, 7) is 9.33. The Balaban J connectivity index is 4.49. The summed E-state index contributed by atoms with van der Waals surface area (Å²) >= 11 is 0. The van der Waals surface area contributed by atoms with Crippen LogP contribution in [-0.2, 0) is 19.1 Å². The van der Waals surface area contributed by atoms with E-state index in [-0.39, 0.29) is 18.9 Å². The summed E-state index contributed by atoms with van der Waals surface area (Å²) in [6, 6.07) is 0. The number of carboxylic acids is 1. The molecule has 0 rings (SSSR count). The number of aliphatic carboxylic acids is 1. The van der Waals surface area contributed by atoms with Crippen molar-refractivity contribution in [3.63, 3.8) is 0 Å². The van der Waals surface area contributed by atoms with Crippen LogP contribution < -0.4 is 5.32 Å². The molecule has 0 aliphatic rings. The highest BCUT2D eigenvalue weighted by molar-refractivity contribution is 5.73. The summed E-state index contributed by atoms with van der Waals surface area (Å²) < 4.78 is 10.2. The first kappa shape index (κ1) is 23.2. The number of esters is 1. The molecule has 0 unspecified atom stereocenters. The van der Waals surface area contributed by atoms with Gasteiger partial charge in [-0.3, -0.25) is 9.59 Å². The Hall–Kier alpha value is -1.79. The fourth-order valence-corrected chi connectivity index (χ4v) is 2.31. The van der Waals surface area contributed by atoms with Crippen LogP contribution in [0.3, 0.4) is 0 Å². The van der Waals surface area contributed by atoms with Gasteiger partial charge in [0.25, 0.3) is 6.29 Å². The highest BCUT2D eigenvalue weighted by atomic mass is 16.7. The van der Waals surface area contributed by atoms with Crippen molar-refractivity contribution in [1.82, 2.24) is 5.32 Å². The lowest BCUT2D eigenvalue weighted by atomic mass is 9.92. The number of amides is 1. The molecule has 0 radical (unpaired) electrons. The standard InChI is InChI=1S/C18H33NO6/c1-6-13(7-2)9-10-14(16(21)22)11-19-18(23)25-17(12(4)5)24-15(20)8-3/h12-14,17H,6-11H2,1-5H3,(H,19,23)(H,21,22)/t14-,17-/m0/s1. The minimum Gasteiger partial charge on any atom is -0.481 e. The average molecular weight is 359 g/mol. The van der Waals surface area contributed by atoms with Crippen LogP contribution in [0.1, 0.15) is 66.7 Å². The molecular formula is C18H33NO6. The van der Waals surface area contributed by atoms with E-state index in [1.54, 1.807) is 20.8 Å². The van der Waals surface area contributed by atoms with Gasteiger partial charge in [-0.2, -0.15) is 0 Å². The second-order valence-electron chi connectivity index (χ2n) is 6.54. The molecule has 0 saturated carbocycles. The molecule has 2 N–H and O–H groups in total. The summed E-state index contributed by atoms with van der Waals surface area (Å²) in [6.07, 6.45) is 1.75. The lowest BCUT2D eigenvalue weighted by Crippen LogP contribution is -2.38. The van der Waals surface area contributed by atoms with Crippen LogP contribution in [0.15, 0.2) is 0 Å². The number of carboxylic acid groups (broad SMARTS) is 1. The molecule has 25 heavy (non-hydrogen) atoms.